The Morgan fingerprint density at radius 2 is 1.86 bits per heavy atom. The molecule has 0 saturated carbocycles. The van der Waals surface area contributed by atoms with Gasteiger partial charge in [0.15, 0.2) is 0 Å². The van der Waals surface area contributed by atoms with E-state index in [1.54, 1.807) is 26.2 Å². The van der Waals surface area contributed by atoms with Crippen LogP contribution in [0.5, 0.6) is 0 Å². The summed E-state index contributed by atoms with van der Waals surface area (Å²) in [5, 5.41) is 5.31. The lowest BCUT2D eigenvalue weighted by Crippen LogP contribution is -2.39. The highest BCUT2D eigenvalue weighted by Gasteiger charge is 2.25. The van der Waals surface area contributed by atoms with Crippen LogP contribution in [0.25, 0.3) is 0 Å². The molecule has 114 valence electrons. The van der Waals surface area contributed by atoms with E-state index in [9.17, 15) is 9.59 Å². The van der Waals surface area contributed by atoms with Crippen LogP contribution in [0.15, 0.2) is 18.2 Å². The normalized spacial score (nSPS) is 15.6. The summed E-state index contributed by atoms with van der Waals surface area (Å²) in [5.41, 5.74) is 8.14. The maximum Gasteiger partial charge on any atom is 0.251 e. The molecule has 1 aromatic rings. The van der Waals surface area contributed by atoms with Gasteiger partial charge in [-0.3, -0.25) is 9.59 Å². The van der Waals surface area contributed by atoms with Gasteiger partial charge in [-0.25, -0.2) is 0 Å². The second-order valence-corrected chi connectivity index (χ2v) is 5.23. The number of amides is 2. The van der Waals surface area contributed by atoms with Crippen LogP contribution in [-0.2, 0) is 4.79 Å². The van der Waals surface area contributed by atoms with E-state index in [1.165, 1.54) is 0 Å². The maximum absolute atomic E-state index is 11.7. The number of hydrogen-bond donors (Lipinski definition) is 3. The van der Waals surface area contributed by atoms with Crippen molar-refractivity contribution in [3.8, 4) is 0 Å². The van der Waals surface area contributed by atoms with Gasteiger partial charge in [0.25, 0.3) is 5.91 Å². The van der Waals surface area contributed by atoms with E-state index >= 15 is 0 Å². The minimum atomic E-state index is -0.128. The molecule has 0 aliphatic carbocycles. The SMILES string of the molecule is CNC(=O)c1ccc(N)c(N2CCC(C(=O)NC)CC2)c1. The summed E-state index contributed by atoms with van der Waals surface area (Å²) in [6, 6.07) is 5.29. The molecule has 1 saturated heterocycles. The van der Waals surface area contributed by atoms with Crippen LogP contribution < -0.4 is 21.3 Å². The van der Waals surface area contributed by atoms with Gasteiger partial charge >= 0.3 is 0 Å². The van der Waals surface area contributed by atoms with Crippen molar-refractivity contribution in [1.82, 2.24) is 10.6 Å². The van der Waals surface area contributed by atoms with Crippen molar-refractivity contribution in [2.45, 2.75) is 12.8 Å². The molecule has 6 nitrogen and oxygen atoms in total. The number of nitrogens with one attached hydrogen (secondary N) is 2. The smallest absolute Gasteiger partial charge is 0.251 e. The van der Waals surface area contributed by atoms with Crippen molar-refractivity contribution in [2.75, 3.05) is 37.8 Å². The maximum atomic E-state index is 11.7. The van der Waals surface area contributed by atoms with Crippen LogP contribution in [0.2, 0.25) is 0 Å². The van der Waals surface area contributed by atoms with Crippen LogP contribution in [0.3, 0.4) is 0 Å². The first-order valence-electron chi connectivity index (χ1n) is 7.15. The first-order valence-corrected chi connectivity index (χ1v) is 7.15. The lowest BCUT2D eigenvalue weighted by Gasteiger charge is -2.33. The van der Waals surface area contributed by atoms with E-state index in [1.807, 2.05) is 6.07 Å². The average Bonchev–Trinajstić information content (AvgIpc) is 2.54. The number of piperidine rings is 1. The van der Waals surface area contributed by atoms with Gasteiger partial charge < -0.3 is 21.3 Å². The highest BCUT2D eigenvalue weighted by Crippen LogP contribution is 2.29. The molecule has 1 fully saturated rings. The molecule has 0 aromatic heterocycles. The van der Waals surface area contributed by atoms with Crippen molar-refractivity contribution < 1.29 is 9.59 Å². The number of rotatable bonds is 3. The minimum Gasteiger partial charge on any atom is -0.397 e. The second-order valence-electron chi connectivity index (χ2n) is 5.23. The molecule has 0 bridgehead atoms. The predicted octanol–water partition coefficient (Wildman–Crippen LogP) is 0.591. The Labute approximate surface area is 124 Å². The minimum absolute atomic E-state index is 0.0644. The third kappa shape index (κ3) is 3.26. The second kappa shape index (κ2) is 6.47. The molecular weight excluding hydrogens is 268 g/mol. The topological polar surface area (TPSA) is 87.5 Å². The van der Waals surface area contributed by atoms with Gasteiger partial charge in [-0.1, -0.05) is 0 Å². The van der Waals surface area contributed by atoms with Gasteiger partial charge in [-0.15, -0.1) is 0 Å². The zero-order valence-electron chi connectivity index (χ0n) is 12.5. The van der Waals surface area contributed by atoms with Gasteiger partial charge in [0, 0.05) is 38.7 Å². The summed E-state index contributed by atoms with van der Waals surface area (Å²) >= 11 is 0. The Morgan fingerprint density at radius 3 is 2.43 bits per heavy atom. The van der Waals surface area contributed by atoms with E-state index in [2.05, 4.69) is 15.5 Å². The highest BCUT2D eigenvalue weighted by atomic mass is 16.2. The highest BCUT2D eigenvalue weighted by molar-refractivity contribution is 5.96. The summed E-state index contributed by atoms with van der Waals surface area (Å²) in [7, 11) is 3.27. The fourth-order valence-corrected chi connectivity index (χ4v) is 2.69. The molecule has 1 aromatic carbocycles. The largest absolute Gasteiger partial charge is 0.397 e. The summed E-state index contributed by atoms with van der Waals surface area (Å²) < 4.78 is 0. The lowest BCUT2D eigenvalue weighted by molar-refractivity contribution is -0.125. The number of nitrogen functional groups attached to an aromatic ring is 1. The van der Waals surface area contributed by atoms with Crippen LogP contribution in [-0.4, -0.2) is 39.0 Å². The monoisotopic (exact) mass is 290 g/mol. The first-order chi connectivity index (χ1) is 10.1. The fraction of sp³-hybridized carbons (Fsp3) is 0.467. The number of hydrogen-bond acceptors (Lipinski definition) is 4. The molecule has 6 heteroatoms. The average molecular weight is 290 g/mol. The van der Waals surface area contributed by atoms with Crippen molar-refractivity contribution >= 4 is 23.2 Å². The first kappa shape index (κ1) is 15.2. The molecule has 0 atom stereocenters. The standard InChI is InChI=1S/C15H22N4O2/c1-17-14(20)10-5-7-19(8-6-10)13-9-11(15(21)18-2)3-4-12(13)16/h3-4,9-10H,5-8,16H2,1-2H3,(H,17,20)(H,18,21). The number of nitrogens with two attached hydrogens (primary N) is 1. The molecule has 2 amide bonds. The van der Waals surface area contributed by atoms with E-state index in [-0.39, 0.29) is 17.7 Å². The molecule has 21 heavy (non-hydrogen) atoms. The van der Waals surface area contributed by atoms with E-state index in [0.29, 0.717) is 11.3 Å². The number of nitrogens with zero attached hydrogens (tertiary/aromatic N) is 1. The summed E-state index contributed by atoms with van der Waals surface area (Å²) in [6.45, 7) is 1.53. The molecule has 1 heterocycles. The Kier molecular flexibility index (Phi) is 4.67. The fourth-order valence-electron chi connectivity index (χ4n) is 2.69. The molecule has 1 aliphatic rings. The molecule has 2 rings (SSSR count). The molecule has 0 unspecified atom stereocenters. The van der Waals surface area contributed by atoms with E-state index in [0.717, 1.165) is 31.6 Å². The molecule has 0 radical (unpaired) electrons. The van der Waals surface area contributed by atoms with E-state index < -0.39 is 0 Å². The van der Waals surface area contributed by atoms with Crippen molar-refractivity contribution in [3.05, 3.63) is 23.8 Å². The van der Waals surface area contributed by atoms with Crippen LogP contribution >= 0.6 is 0 Å². The lowest BCUT2D eigenvalue weighted by atomic mass is 9.95. The Balaban J connectivity index is 2.12. The number of anilines is 2. The zero-order chi connectivity index (χ0) is 15.4. The molecule has 1 aliphatic heterocycles. The van der Waals surface area contributed by atoms with Gasteiger partial charge in [-0.05, 0) is 31.0 Å². The van der Waals surface area contributed by atoms with Crippen LogP contribution in [0, 0.1) is 5.92 Å². The van der Waals surface area contributed by atoms with Gasteiger partial charge in [0.1, 0.15) is 0 Å². The van der Waals surface area contributed by atoms with Gasteiger partial charge in [0.05, 0.1) is 11.4 Å². The summed E-state index contributed by atoms with van der Waals surface area (Å²) in [5.74, 6) is 0.0350. The molecular formula is C15H22N4O2. The summed E-state index contributed by atoms with van der Waals surface area (Å²) in [6.07, 6.45) is 1.59. The quantitative estimate of drug-likeness (QED) is 0.711. The van der Waals surface area contributed by atoms with Crippen LogP contribution in [0.1, 0.15) is 23.2 Å². The third-order valence-corrected chi connectivity index (χ3v) is 3.97. The number of carbonyl (C=O) groups excluding carboxylic acids is 2. The van der Waals surface area contributed by atoms with Crippen LogP contribution in [0.4, 0.5) is 11.4 Å². The van der Waals surface area contributed by atoms with Gasteiger partial charge in [-0.2, -0.15) is 0 Å². The van der Waals surface area contributed by atoms with Gasteiger partial charge in [0.2, 0.25) is 5.91 Å². The number of carbonyl (C=O) groups is 2. The van der Waals surface area contributed by atoms with Crippen molar-refractivity contribution in [3.63, 3.8) is 0 Å². The zero-order valence-corrected chi connectivity index (χ0v) is 12.5. The molecule has 0 spiro atoms. The van der Waals surface area contributed by atoms with Crippen molar-refractivity contribution in [2.24, 2.45) is 5.92 Å². The van der Waals surface area contributed by atoms with Crippen molar-refractivity contribution in [1.29, 1.82) is 0 Å². The third-order valence-electron chi connectivity index (χ3n) is 3.97. The number of benzene rings is 1. The Morgan fingerprint density at radius 1 is 1.19 bits per heavy atom. The van der Waals surface area contributed by atoms with E-state index in [4.69, 9.17) is 5.73 Å². The molecule has 4 N–H and O–H groups in total. The Bertz CT molecular complexity index is 536. The Hall–Kier alpha value is -2.24. The predicted molar refractivity (Wildman–Crippen MR) is 83.2 cm³/mol. The summed E-state index contributed by atoms with van der Waals surface area (Å²) in [4.78, 5) is 25.5.